The van der Waals surface area contributed by atoms with Crippen molar-refractivity contribution in [3.05, 3.63) is 94.3 Å². The number of imide groups is 1. The number of aryl methyl sites for hydroxylation is 2. The van der Waals surface area contributed by atoms with Crippen LogP contribution in [0.5, 0.6) is 0 Å². The highest BCUT2D eigenvalue weighted by Crippen LogP contribution is 2.38. The molecule has 0 saturated carbocycles. The highest BCUT2D eigenvalue weighted by atomic mass is 28.4. The van der Waals surface area contributed by atoms with Gasteiger partial charge in [0, 0.05) is 18.9 Å². The first-order valence-electron chi connectivity index (χ1n) is 15.6. The van der Waals surface area contributed by atoms with Crippen LogP contribution in [0.2, 0.25) is 18.1 Å². The van der Waals surface area contributed by atoms with Crippen LogP contribution in [0.1, 0.15) is 67.9 Å². The summed E-state index contributed by atoms with van der Waals surface area (Å²) >= 11 is 0. The first-order chi connectivity index (χ1) is 21.3. The molecule has 1 fully saturated rings. The fraction of sp³-hybridized carbons (Fsp3) is 0.429. The van der Waals surface area contributed by atoms with Gasteiger partial charge in [0.15, 0.2) is 14.1 Å². The Morgan fingerprint density at radius 2 is 1.87 bits per heavy atom. The lowest BCUT2D eigenvalue weighted by atomic mass is 9.85. The quantitative estimate of drug-likeness (QED) is 0.168. The van der Waals surface area contributed by atoms with Crippen molar-refractivity contribution in [2.75, 3.05) is 6.61 Å². The van der Waals surface area contributed by atoms with Crippen LogP contribution in [0.4, 0.5) is 9.18 Å². The number of hydrogen-bond donors (Lipinski definition) is 0. The summed E-state index contributed by atoms with van der Waals surface area (Å²) < 4.78 is 29.8. The molecule has 45 heavy (non-hydrogen) atoms. The van der Waals surface area contributed by atoms with Gasteiger partial charge in [0.25, 0.3) is 0 Å². The predicted molar refractivity (Wildman–Crippen MR) is 175 cm³/mol. The second-order valence-corrected chi connectivity index (χ2v) is 18.2. The molecule has 1 aliphatic heterocycles. The van der Waals surface area contributed by atoms with E-state index in [2.05, 4.69) is 44.2 Å². The van der Waals surface area contributed by atoms with Crippen molar-refractivity contribution >= 4 is 31.4 Å². The minimum atomic E-state index is -2.04. The van der Waals surface area contributed by atoms with Crippen LogP contribution >= 0.6 is 0 Å². The van der Waals surface area contributed by atoms with Gasteiger partial charge in [0.05, 0.1) is 18.2 Å². The molecule has 0 bridgehead atoms. The van der Waals surface area contributed by atoms with Crippen LogP contribution in [-0.2, 0) is 33.5 Å². The van der Waals surface area contributed by atoms with Crippen molar-refractivity contribution < 1.29 is 23.1 Å². The van der Waals surface area contributed by atoms with E-state index in [1.165, 1.54) is 4.90 Å². The molecule has 5 rings (SSSR count). The van der Waals surface area contributed by atoms with E-state index in [1.807, 2.05) is 62.4 Å². The first kappa shape index (κ1) is 32.5. The maximum Gasteiger partial charge on any atom is 0.416 e. The number of benzene rings is 3. The van der Waals surface area contributed by atoms with Crippen LogP contribution in [0.3, 0.4) is 0 Å². The Morgan fingerprint density at radius 1 is 1.13 bits per heavy atom. The van der Waals surface area contributed by atoms with Gasteiger partial charge >= 0.3 is 6.09 Å². The average Bonchev–Trinajstić information content (AvgIpc) is 3.59. The number of nitrogens with zero attached hydrogens (tertiary/aromatic N) is 4. The zero-order chi connectivity index (χ0) is 32.5. The standard InChI is InChI=1S/C35H43FN4O4Si/c1-8-39-30-17-16-28(32(36)33(30)37-38-39)29(25-15-14-23(2)26(19-25)21-44-45(6,7)35(3,4)5)20-31(41)40-27(22-43-34(40)42)18-24-12-10-9-11-13-24/h9-17,19,27,29H,8,18,20-22H2,1-7H3. The maximum atomic E-state index is 16.3. The van der Waals surface area contributed by atoms with Gasteiger partial charge in [0.1, 0.15) is 12.1 Å². The second kappa shape index (κ2) is 12.8. The molecule has 1 aromatic heterocycles. The number of rotatable bonds is 10. The number of carbonyl (C=O) groups is 2. The Bertz CT molecular complexity index is 1700. The van der Waals surface area contributed by atoms with Gasteiger partial charge in [-0.2, -0.15) is 0 Å². The zero-order valence-corrected chi connectivity index (χ0v) is 28.3. The number of cyclic esters (lactones) is 1. The van der Waals surface area contributed by atoms with Crippen LogP contribution in [0.15, 0.2) is 60.7 Å². The van der Waals surface area contributed by atoms with E-state index < -0.39 is 38.1 Å². The summed E-state index contributed by atoms with van der Waals surface area (Å²) in [7, 11) is -2.04. The second-order valence-electron chi connectivity index (χ2n) is 13.4. The van der Waals surface area contributed by atoms with Gasteiger partial charge < -0.3 is 9.16 Å². The highest BCUT2D eigenvalue weighted by molar-refractivity contribution is 6.74. The Balaban J connectivity index is 1.52. The molecule has 4 aromatic rings. The van der Waals surface area contributed by atoms with Crippen molar-refractivity contribution in [2.24, 2.45) is 0 Å². The summed E-state index contributed by atoms with van der Waals surface area (Å²) in [5.74, 6) is -1.62. The molecule has 0 radical (unpaired) electrons. The molecule has 1 saturated heterocycles. The topological polar surface area (TPSA) is 86.6 Å². The molecule has 0 aliphatic carbocycles. The summed E-state index contributed by atoms with van der Waals surface area (Å²) in [6.07, 6.45) is -0.326. The normalized spacial score (nSPS) is 16.3. The summed E-state index contributed by atoms with van der Waals surface area (Å²) in [6, 6.07) is 18.7. The monoisotopic (exact) mass is 630 g/mol. The van der Waals surface area contributed by atoms with E-state index in [9.17, 15) is 9.59 Å². The van der Waals surface area contributed by atoms with Gasteiger partial charge in [-0.15, -0.1) is 5.10 Å². The predicted octanol–water partition coefficient (Wildman–Crippen LogP) is 7.53. The summed E-state index contributed by atoms with van der Waals surface area (Å²) in [5.41, 5.74) is 4.86. The number of fused-ring (bicyclic) bond motifs is 1. The van der Waals surface area contributed by atoms with Crippen molar-refractivity contribution in [1.82, 2.24) is 19.9 Å². The lowest BCUT2D eigenvalue weighted by Crippen LogP contribution is -2.41. The molecule has 8 nitrogen and oxygen atoms in total. The fourth-order valence-corrected chi connectivity index (χ4v) is 6.49. The molecule has 238 valence electrons. The van der Waals surface area contributed by atoms with E-state index in [0.29, 0.717) is 30.7 Å². The van der Waals surface area contributed by atoms with Crippen LogP contribution < -0.4 is 0 Å². The molecular formula is C35H43FN4O4Si. The third-order valence-corrected chi connectivity index (χ3v) is 13.9. The van der Waals surface area contributed by atoms with Crippen molar-refractivity contribution in [3.8, 4) is 0 Å². The molecule has 10 heteroatoms. The molecule has 2 amide bonds. The van der Waals surface area contributed by atoms with E-state index in [4.69, 9.17) is 9.16 Å². The Hall–Kier alpha value is -3.89. The molecular weight excluding hydrogens is 587 g/mol. The van der Waals surface area contributed by atoms with Gasteiger partial charge in [-0.05, 0) is 72.3 Å². The summed E-state index contributed by atoms with van der Waals surface area (Å²) in [6.45, 7) is 16.0. The lowest BCUT2D eigenvalue weighted by molar-refractivity contribution is -0.129. The number of hydrogen-bond acceptors (Lipinski definition) is 6. The molecule has 0 spiro atoms. The first-order valence-corrected chi connectivity index (χ1v) is 18.5. The smallest absolute Gasteiger partial charge is 0.416 e. The SMILES string of the molecule is CCn1nnc2c(F)c(C(CC(=O)N3C(=O)OCC3Cc3ccccc3)c3ccc(C)c(CO[Si](C)(C)C(C)(C)C)c3)ccc21. The van der Waals surface area contributed by atoms with E-state index in [-0.39, 0.29) is 23.6 Å². The van der Waals surface area contributed by atoms with Crippen molar-refractivity contribution in [1.29, 1.82) is 0 Å². The average molecular weight is 631 g/mol. The molecule has 2 heterocycles. The Kier molecular flexibility index (Phi) is 9.28. The summed E-state index contributed by atoms with van der Waals surface area (Å²) in [4.78, 5) is 28.1. The number of carbonyl (C=O) groups excluding carboxylic acids is 2. The van der Waals surface area contributed by atoms with Gasteiger partial charge in [-0.25, -0.2) is 18.8 Å². The lowest BCUT2D eigenvalue weighted by Gasteiger charge is -2.36. The van der Waals surface area contributed by atoms with Gasteiger partial charge in [-0.3, -0.25) is 4.79 Å². The van der Waals surface area contributed by atoms with Crippen molar-refractivity contribution in [3.63, 3.8) is 0 Å². The molecule has 2 atom stereocenters. The number of amides is 2. The number of ether oxygens (including phenoxy) is 1. The Labute approximate surface area is 265 Å². The van der Waals surface area contributed by atoms with Gasteiger partial charge in [-0.1, -0.05) is 80.6 Å². The molecule has 0 N–H and O–H groups in total. The van der Waals surface area contributed by atoms with Crippen LogP contribution in [0, 0.1) is 12.7 Å². The third-order valence-electron chi connectivity index (χ3n) is 9.42. The highest BCUT2D eigenvalue weighted by Gasteiger charge is 2.40. The molecule has 2 unspecified atom stereocenters. The van der Waals surface area contributed by atoms with Crippen LogP contribution in [0.25, 0.3) is 11.0 Å². The van der Waals surface area contributed by atoms with Crippen molar-refractivity contribution in [2.45, 2.75) is 90.7 Å². The Morgan fingerprint density at radius 3 is 2.56 bits per heavy atom. The zero-order valence-electron chi connectivity index (χ0n) is 27.3. The van der Waals surface area contributed by atoms with Gasteiger partial charge in [0.2, 0.25) is 5.91 Å². The van der Waals surface area contributed by atoms with E-state index >= 15 is 4.39 Å². The fourth-order valence-electron chi connectivity index (χ4n) is 5.54. The minimum absolute atomic E-state index is 0.0442. The van der Waals surface area contributed by atoms with Crippen LogP contribution in [-0.4, -0.2) is 52.9 Å². The number of halogens is 1. The summed E-state index contributed by atoms with van der Waals surface area (Å²) in [5, 5.41) is 8.26. The molecule has 1 aliphatic rings. The number of aromatic nitrogens is 3. The largest absolute Gasteiger partial charge is 0.447 e. The van der Waals surface area contributed by atoms with E-state index in [1.54, 1.807) is 16.8 Å². The third kappa shape index (κ3) is 6.72. The maximum absolute atomic E-state index is 16.3. The minimum Gasteiger partial charge on any atom is -0.447 e. The molecule has 3 aromatic carbocycles. The van der Waals surface area contributed by atoms with E-state index in [0.717, 1.165) is 22.3 Å².